The van der Waals surface area contributed by atoms with Crippen molar-refractivity contribution in [3.8, 4) is 0 Å². The van der Waals surface area contributed by atoms with Gasteiger partial charge in [0.1, 0.15) is 5.69 Å². The molecular formula is C13H18ClN3O2. The second-order valence-electron chi connectivity index (χ2n) is 4.63. The summed E-state index contributed by atoms with van der Waals surface area (Å²) in [5, 5.41) is 0.519. The first-order valence-electron chi connectivity index (χ1n) is 6.31. The van der Waals surface area contributed by atoms with Gasteiger partial charge in [-0.15, -0.1) is 0 Å². The van der Waals surface area contributed by atoms with E-state index in [0.29, 0.717) is 23.8 Å². The Morgan fingerprint density at radius 1 is 1.63 bits per heavy atom. The monoisotopic (exact) mass is 283 g/mol. The number of carbonyl (C=O) groups is 1. The zero-order chi connectivity index (χ0) is 13.8. The molecule has 1 aromatic heterocycles. The van der Waals surface area contributed by atoms with Gasteiger partial charge in [-0.05, 0) is 25.0 Å². The van der Waals surface area contributed by atoms with Crippen LogP contribution in [0, 0.1) is 0 Å². The number of ether oxygens (including phenoxy) is 1. The van der Waals surface area contributed by atoms with Crippen LogP contribution in [0.5, 0.6) is 0 Å². The lowest BCUT2D eigenvalue weighted by molar-refractivity contribution is 0.0136. The number of nitrogens with zero attached hydrogens (tertiary/aromatic N) is 2. The highest BCUT2D eigenvalue weighted by Gasteiger charge is 2.31. The van der Waals surface area contributed by atoms with Gasteiger partial charge in [0, 0.05) is 32.4 Å². The Morgan fingerprint density at radius 2 is 2.42 bits per heavy atom. The minimum absolute atomic E-state index is 0.00341. The fraction of sp³-hybridized carbons (Fsp3) is 0.538. The molecule has 0 bridgehead atoms. The minimum atomic E-state index is -0.0957. The third kappa shape index (κ3) is 3.23. The smallest absolute Gasteiger partial charge is 0.272 e. The van der Waals surface area contributed by atoms with E-state index in [4.69, 9.17) is 22.1 Å². The zero-order valence-corrected chi connectivity index (χ0v) is 11.6. The van der Waals surface area contributed by atoms with E-state index in [0.717, 1.165) is 12.8 Å². The average Bonchev–Trinajstić information content (AvgIpc) is 2.46. The summed E-state index contributed by atoms with van der Waals surface area (Å²) in [5.41, 5.74) is 6.16. The number of rotatable bonds is 3. The van der Waals surface area contributed by atoms with Crippen molar-refractivity contribution in [2.45, 2.75) is 25.0 Å². The SMILES string of the molecule is COC1CCN(C(=O)c2ccc(Cl)cn2)C(CN)C1. The Kier molecular flexibility index (Phi) is 4.74. The summed E-state index contributed by atoms with van der Waals surface area (Å²) >= 11 is 5.77. The van der Waals surface area contributed by atoms with Crippen LogP contribution in [0.15, 0.2) is 18.3 Å². The largest absolute Gasteiger partial charge is 0.381 e. The topological polar surface area (TPSA) is 68.5 Å². The Morgan fingerprint density at radius 3 is 3.00 bits per heavy atom. The first kappa shape index (κ1) is 14.2. The van der Waals surface area contributed by atoms with Gasteiger partial charge in [-0.3, -0.25) is 4.79 Å². The van der Waals surface area contributed by atoms with Gasteiger partial charge in [0.25, 0.3) is 5.91 Å². The first-order chi connectivity index (χ1) is 9.15. The van der Waals surface area contributed by atoms with E-state index in [1.54, 1.807) is 24.1 Å². The standard InChI is InChI=1S/C13H18ClN3O2/c1-19-11-4-5-17(10(6-11)7-15)13(18)12-3-2-9(14)8-16-12/h2-3,8,10-11H,4-7,15H2,1H3. The molecule has 0 radical (unpaired) electrons. The predicted octanol–water partition coefficient (Wildman–Crippen LogP) is 1.31. The van der Waals surface area contributed by atoms with Gasteiger partial charge >= 0.3 is 0 Å². The quantitative estimate of drug-likeness (QED) is 0.908. The molecule has 1 fully saturated rings. The molecule has 104 valence electrons. The van der Waals surface area contributed by atoms with Crippen LogP contribution in [-0.4, -0.2) is 48.1 Å². The Labute approximate surface area is 117 Å². The normalized spacial score (nSPS) is 23.4. The molecule has 19 heavy (non-hydrogen) atoms. The molecule has 0 saturated carbocycles. The number of hydrogen-bond donors (Lipinski definition) is 1. The molecule has 1 aliphatic heterocycles. The molecule has 2 heterocycles. The van der Waals surface area contributed by atoms with Crippen LogP contribution in [0.4, 0.5) is 0 Å². The Bertz CT molecular complexity index is 438. The second kappa shape index (κ2) is 6.32. The van der Waals surface area contributed by atoms with Crippen molar-refractivity contribution in [1.82, 2.24) is 9.88 Å². The average molecular weight is 284 g/mol. The zero-order valence-electron chi connectivity index (χ0n) is 10.9. The number of likely N-dealkylation sites (tertiary alicyclic amines) is 1. The third-order valence-electron chi connectivity index (χ3n) is 3.48. The van der Waals surface area contributed by atoms with Gasteiger partial charge in [0.05, 0.1) is 11.1 Å². The summed E-state index contributed by atoms with van der Waals surface area (Å²) in [4.78, 5) is 18.2. The Balaban J connectivity index is 2.11. The van der Waals surface area contributed by atoms with E-state index in [1.807, 2.05) is 0 Å². The number of amides is 1. The van der Waals surface area contributed by atoms with Gasteiger partial charge < -0.3 is 15.4 Å². The van der Waals surface area contributed by atoms with Crippen LogP contribution >= 0.6 is 11.6 Å². The number of aromatic nitrogens is 1. The number of hydrogen-bond acceptors (Lipinski definition) is 4. The van der Waals surface area contributed by atoms with Crippen molar-refractivity contribution in [3.63, 3.8) is 0 Å². The number of halogens is 1. The molecule has 1 aliphatic rings. The van der Waals surface area contributed by atoms with Crippen LogP contribution < -0.4 is 5.73 Å². The predicted molar refractivity (Wildman–Crippen MR) is 73.2 cm³/mol. The number of pyridine rings is 1. The molecule has 6 heteroatoms. The van der Waals surface area contributed by atoms with Crippen LogP contribution in [0.2, 0.25) is 5.02 Å². The molecule has 0 spiro atoms. The number of nitrogens with two attached hydrogens (primary N) is 1. The van der Waals surface area contributed by atoms with E-state index >= 15 is 0 Å². The maximum Gasteiger partial charge on any atom is 0.272 e. The van der Waals surface area contributed by atoms with Gasteiger partial charge in [-0.1, -0.05) is 11.6 Å². The van der Waals surface area contributed by atoms with Crippen molar-refractivity contribution in [2.75, 3.05) is 20.2 Å². The van der Waals surface area contributed by atoms with Crippen molar-refractivity contribution < 1.29 is 9.53 Å². The molecule has 0 aliphatic carbocycles. The summed E-state index contributed by atoms with van der Waals surface area (Å²) in [5.74, 6) is -0.0957. The molecule has 1 saturated heterocycles. The van der Waals surface area contributed by atoms with Crippen LogP contribution in [0.1, 0.15) is 23.3 Å². The summed E-state index contributed by atoms with van der Waals surface area (Å²) in [6, 6.07) is 3.31. The van der Waals surface area contributed by atoms with Crippen LogP contribution in [-0.2, 0) is 4.74 Å². The highest BCUT2D eigenvalue weighted by Crippen LogP contribution is 2.21. The lowest BCUT2D eigenvalue weighted by Gasteiger charge is -2.38. The van der Waals surface area contributed by atoms with Gasteiger partial charge in [-0.25, -0.2) is 4.98 Å². The number of piperidine rings is 1. The van der Waals surface area contributed by atoms with E-state index in [-0.39, 0.29) is 18.1 Å². The number of carbonyl (C=O) groups excluding carboxylic acids is 1. The first-order valence-corrected chi connectivity index (χ1v) is 6.69. The lowest BCUT2D eigenvalue weighted by Crippen LogP contribution is -2.51. The van der Waals surface area contributed by atoms with Crippen molar-refractivity contribution in [1.29, 1.82) is 0 Å². The van der Waals surface area contributed by atoms with E-state index in [1.165, 1.54) is 6.20 Å². The van der Waals surface area contributed by atoms with Gasteiger partial charge in [0.15, 0.2) is 0 Å². The molecule has 0 aromatic carbocycles. The van der Waals surface area contributed by atoms with Crippen LogP contribution in [0.3, 0.4) is 0 Å². The fourth-order valence-corrected chi connectivity index (χ4v) is 2.48. The summed E-state index contributed by atoms with van der Waals surface area (Å²) in [6.07, 6.45) is 3.25. The summed E-state index contributed by atoms with van der Waals surface area (Å²) in [6.45, 7) is 1.07. The van der Waals surface area contributed by atoms with Crippen LogP contribution in [0.25, 0.3) is 0 Å². The van der Waals surface area contributed by atoms with E-state index in [9.17, 15) is 4.79 Å². The summed E-state index contributed by atoms with van der Waals surface area (Å²) in [7, 11) is 1.69. The van der Waals surface area contributed by atoms with Gasteiger partial charge in [0.2, 0.25) is 0 Å². The number of methoxy groups -OCH3 is 1. The molecular weight excluding hydrogens is 266 g/mol. The van der Waals surface area contributed by atoms with Crippen molar-refractivity contribution in [2.24, 2.45) is 5.73 Å². The molecule has 1 aromatic rings. The maximum absolute atomic E-state index is 12.4. The third-order valence-corrected chi connectivity index (χ3v) is 3.70. The van der Waals surface area contributed by atoms with E-state index in [2.05, 4.69) is 4.98 Å². The molecule has 2 rings (SSSR count). The fourth-order valence-electron chi connectivity index (χ4n) is 2.37. The molecule has 2 unspecified atom stereocenters. The molecule has 2 atom stereocenters. The minimum Gasteiger partial charge on any atom is -0.381 e. The summed E-state index contributed by atoms with van der Waals surface area (Å²) < 4.78 is 5.35. The molecule has 5 nitrogen and oxygen atoms in total. The highest BCUT2D eigenvalue weighted by molar-refractivity contribution is 6.30. The van der Waals surface area contributed by atoms with Gasteiger partial charge in [-0.2, -0.15) is 0 Å². The lowest BCUT2D eigenvalue weighted by atomic mass is 9.99. The molecule has 2 N–H and O–H groups in total. The molecule has 1 amide bonds. The highest BCUT2D eigenvalue weighted by atomic mass is 35.5. The second-order valence-corrected chi connectivity index (χ2v) is 5.07. The van der Waals surface area contributed by atoms with Crippen molar-refractivity contribution >= 4 is 17.5 Å². The van der Waals surface area contributed by atoms with Crippen molar-refractivity contribution in [3.05, 3.63) is 29.0 Å². The maximum atomic E-state index is 12.4. The Hall–Kier alpha value is -1.17. The van der Waals surface area contributed by atoms with E-state index < -0.39 is 0 Å².